The molecule has 4 atom stereocenters. The molecule has 16 heteroatoms. The highest BCUT2D eigenvalue weighted by Crippen LogP contribution is 2.34. The van der Waals surface area contributed by atoms with Crippen LogP contribution in [0.3, 0.4) is 0 Å². The topological polar surface area (TPSA) is 195 Å². The Kier molecular flexibility index (Phi) is 12.8. The maximum Gasteiger partial charge on any atom is 0.343 e. The summed E-state index contributed by atoms with van der Waals surface area (Å²) in [6, 6.07) is 18.3. The Morgan fingerprint density at radius 1 is 0.542 bits per heavy atom. The molecule has 59 heavy (non-hydrogen) atoms. The van der Waals surface area contributed by atoms with Gasteiger partial charge in [0, 0.05) is 24.3 Å². The van der Waals surface area contributed by atoms with E-state index >= 15 is 0 Å². The van der Waals surface area contributed by atoms with Crippen molar-refractivity contribution in [2.24, 2.45) is 0 Å². The Bertz CT molecular complexity index is 2310. The van der Waals surface area contributed by atoms with Gasteiger partial charge in [-0.3, -0.25) is 0 Å². The molecule has 0 spiro atoms. The average molecular weight is 809 g/mol. The van der Waals surface area contributed by atoms with Gasteiger partial charge in [0.05, 0.1) is 38.6 Å². The number of carbonyl (C=O) groups is 6. The van der Waals surface area contributed by atoms with Crippen molar-refractivity contribution in [1.29, 1.82) is 0 Å². The molecule has 0 aliphatic carbocycles. The van der Waals surface area contributed by atoms with Crippen molar-refractivity contribution in [3.8, 4) is 34.5 Å². The minimum absolute atomic E-state index is 0.0333. The van der Waals surface area contributed by atoms with Gasteiger partial charge >= 0.3 is 35.8 Å². The van der Waals surface area contributed by atoms with Gasteiger partial charge in [0.2, 0.25) is 0 Å². The van der Waals surface area contributed by atoms with E-state index in [-0.39, 0.29) is 70.0 Å². The van der Waals surface area contributed by atoms with Gasteiger partial charge in [-0.2, -0.15) is 0 Å². The van der Waals surface area contributed by atoms with Gasteiger partial charge in [-0.05, 0) is 79.2 Å². The van der Waals surface area contributed by atoms with Crippen LogP contribution in [0.5, 0.6) is 34.5 Å². The van der Waals surface area contributed by atoms with Crippen LogP contribution in [0.25, 0.3) is 0 Å². The van der Waals surface area contributed by atoms with Crippen molar-refractivity contribution in [2.75, 3.05) is 27.4 Å². The minimum atomic E-state index is -0.864. The predicted molar refractivity (Wildman–Crippen MR) is 203 cm³/mol. The first-order chi connectivity index (χ1) is 28.4. The Balaban J connectivity index is 1.03. The molecule has 0 aromatic heterocycles. The van der Waals surface area contributed by atoms with E-state index in [0.29, 0.717) is 5.56 Å². The number of fused-ring (bicyclic) bond motifs is 1. The largest absolute Gasteiger partial charge is 0.496 e. The van der Waals surface area contributed by atoms with Gasteiger partial charge in [0.15, 0.2) is 12.2 Å². The van der Waals surface area contributed by atoms with Crippen LogP contribution in [0, 0.1) is 6.92 Å². The highest BCUT2D eigenvalue weighted by Gasteiger charge is 2.51. The molecule has 2 fully saturated rings. The summed E-state index contributed by atoms with van der Waals surface area (Å²) in [6.45, 7) is 8.23. The number of esters is 6. The van der Waals surface area contributed by atoms with Gasteiger partial charge in [0.1, 0.15) is 57.8 Å². The van der Waals surface area contributed by atoms with E-state index in [0.717, 1.165) is 12.2 Å². The third-order valence-corrected chi connectivity index (χ3v) is 8.96. The molecule has 0 amide bonds. The summed E-state index contributed by atoms with van der Waals surface area (Å²) < 4.78 is 55.0. The van der Waals surface area contributed by atoms with E-state index < -0.39 is 60.2 Å². The van der Waals surface area contributed by atoms with Crippen LogP contribution in [0.2, 0.25) is 0 Å². The van der Waals surface area contributed by atoms with Gasteiger partial charge in [-0.15, -0.1) is 0 Å². The molecule has 0 bridgehead atoms. The number of methoxy groups -OCH3 is 2. The third kappa shape index (κ3) is 9.64. The van der Waals surface area contributed by atoms with Gasteiger partial charge in [-0.1, -0.05) is 13.2 Å². The molecule has 6 rings (SSSR count). The van der Waals surface area contributed by atoms with Crippen LogP contribution >= 0.6 is 0 Å². The lowest BCUT2D eigenvalue weighted by atomic mass is 10.1. The number of hydrogen-bond acceptors (Lipinski definition) is 16. The number of rotatable bonds is 14. The zero-order valence-corrected chi connectivity index (χ0v) is 31.8. The summed E-state index contributed by atoms with van der Waals surface area (Å²) in [5.74, 6) is -3.50. The van der Waals surface area contributed by atoms with Crippen molar-refractivity contribution in [3.05, 3.63) is 132 Å². The molecule has 4 aromatic rings. The van der Waals surface area contributed by atoms with E-state index in [2.05, 4.69) is 13.2 Å². The highest BCUT2D eigenvalue weighted by molar-refractivity contribution is 5.96. The van der Waals surface area contributed by atoms with Crippen LogP contribution < -0.4 is 28.4 Å². The van der Waals surface area contributed by atoms with Crippen LogP contribution in [-0.2, 0) is 28.5 Å². The summed E-state index contributed by atoms with van der Waals surface area (Å²) in [5, 5.41) is 0. The number of benzene rings is 4. The van der Waals surface area contributed by atoms with E-state index in [9.17, 15) is 28.8 Å². The van der Waals surface area contributed by atoms with Crippen LogP contribution in [0.1, 0.15) is 47.0 Å². The fraction of sp³-hybridized carbons (Fsp3) is 0.209. The molecule has 2 aliphatic rings. The molecular weight excluding hydrogens is 772 g/mol. The standard InChI is InChI=1S/C43H36O16/c1-6-36(44)54-25-10-8-24(9-11-25)40(46)56-27-13-16-30(32(19-27)50-4)42(48)58-34-21-52-39-35(22-53-38(34)39)59-43(49)31-17-14-28(20-33(31)51-5)57-41(47)29-15-12-26(18-23(29)3)55-37(45)7-2/h6-20,34-35,38-39H,1-2,21-22H2,3-5H3/t34-,35-,38-,39-/m1/s1. The average Bonchev–Trinajstić information content (AvgIpc) is 3.83. The third-order valence-electron chi connectivity index (χ3n) is 8.96. The fourth-order valence-corrected chi connectivity index (χ4v) is 6.07. The lowest BCUT2D eigenvalue weighted by Crippen LogP contribution is -2.36. The Morgan fingerprint density at radius 3 is 1.42 bits per heavy atom. The Hall–Kier alpha value is -7.30. The number of carbonyl (C=O) groups excluding carboxylic acids is 6. The molecule has 2 saturated heterocycles. The summed E-state index contributed by atoms with van der Waals surface area (Å²) in [4.78, 5) is 75.2. The molecule has 4 aromatic carbocycles. The summed E-state index contributed by atoms with van der Waals surface area (Å²) in [5.41, 5.74) is 0.947. The SMILES string of the molecule is C=CC(=O)Oc1ccc(C(=O)Oc2ccc(C(=O)O[C@@H]3CO[C@H]4[C@@H]3OC[C@H]4OC(=O)c3ccc(OC(=O)c4ccc(OC(=O)C=C)cc4C)cc3OC)c(OC)c2)cc1. The zero-order chi connectivity index (χ0) is 42.2. The normalized spacial score (nSPS) is 17.7. The molecule has 0 saturated carbocycles. The number of hydrogen-bond donors (Lipinski definition) is 0. The molecule has 2 aliphatic heterocycles. The van der Waals surface area contributed by atoms with E-state index in [1.54, 1.807) is 6.92 Å². The second kappa shape index (κ2) is 18.3. The van der Waals surface area contributed by atoms with Crippen LogP contribution in [0.15, 0.2) is 104 Å². The Labute approximate surface area is 336 Å². The maximum atomic E-state index is 13.3. The first-order valence-corrected chi connectivity index (χ1v) is 17.8. The highest BCUT2D eigenvalue weighted by atomic mass is 16.7. The van der Waals surface area contributed by atoms with Crippen LogP contribution in [-0.4, -0.2) is 87.7 Å². The summed E-state index contributed by atoms with van der Waals surface area (Å²) >= 11 is 0. The monoisotopic (exact) mass is 808 g/mol. The summed E-state index contributed by atoms with van der Waals surface area (Å²) in [6.07, 6.45) is -1.22. The van der Waals surface area contributed by atoms with Crippen molar-refractivity contribution in [3.63, 3.8) is 0 Å². The van der Waals surface area contributed by atoms with E-state index in [1.807, 2.05) is 0 Å². The van der Waals surface area contributed by atoms with Crippen molar-refractivity contribution in [1.82, 2.24) is 0 Å². The molecule has 0 unspecified atom stereocenters. The van der Waals surface area contributed by atoms with Gasteiger partial charge in [0.25, 0.3) is 0 Å². The lowest BCUT2D eigenvalue weighted by molar-refractivity contribution is -0.129. The molecule has 0 N–H and O–H groups in total. The maximum absolute atomic E-state index is 13.3. The van der Waals surface area contributed by atoms with Crippen molar-refractivity contribution in [2.45, 2.75) is 31.3 Å². The van der Waals surface area contributed by atoms with Gasteiger partial charge in [-0.25, -0.2) is 28.8 Å². The first-order valence-electron chi connectivity index (χ1n) is 17.8. The smallest absolute Gasteiger partial charge is 0.343 e. The first kappa shape index (κ1) is 41.3. The zero-order valence-electron chi connectivity index (χ0n) is 31.8. The van der Waals surface area contributed by atoms with E-state index in [1.165, 1.54) is 93.1 Å². The Morgan fingerprint density at radius 2 is 0.966 bits per heavy atom. The van der Waals surface area contributed by atoms with Gasteiger partial charge < -0.3 is 47.4 Å². The van der Waals surface area contributed by atoms with E-state index in [4.69, 9.17) is 47.4 Å². The second-order valence-electron chi connectivity index (χ2n) is 12.7. The minimum Gasteiger partial charge on any atom is -0.496 e. The number of ether oxygens (including phenoxy) is 10. The molecule has 304 valence electrons. The lowest BCUT2D eigenvalue weighted by Gasteiger charge is -2.18. The van der Waals surface area contributed by atoms with Crippen molar-refractivity contribution < 1.29 is 76.1 Å². The second-order valence-corrected chi connectivity index (χ2v) is 12.7. The van der Waals surface area contributed by atoms with Crippen molar-refractivity contribution >= 4 is 35.8 Å². The van der Waals surface area contributed by atoms with Crippen LogP contribution in [0.4, 0.5) is 0 Å². The molecular formula is C43H36O16. The molecule has 0 radical (unpaired) electrons. The quantitative estimate of drug-likeness (QED) is 0.0917. The molecule has 16 nitrogen and oxygen atoms in total. The predicted octanol–water partition coefficient (Wildman–Crippen LogP) is 5.18. The summed E-state index contributed by atoms with van der Waals surface area (Å²) in [7, 11) is 2.67. The molecule has 2 heterocycles. The fourth-order valence-electron chi connectivity index (χ4n) is 6.07. The number of aryl methyl sites for hydroxylation is 1.